The van der Waals surface area contributed by atoms with Crippen LogP contribution in [0.15, 0.2) is 36.5 Å². The average Bonchev–Trinajstić information content (AvgIpc) is 3.26. The van der Waals surface area contributed by atoms with Crippen molar-refractivity contribution in [1.82, 2.24) is 19.3 Å². The number of nitrogens with zero attached hydrogens (tertiary/aromatic N) is 4. The minimum atomic E-state index is -0.974. The maximum atomic E-state index is 11.1. The Bertz CT molecular complexity index is 1020. The molecule has 0 bridgehead atoms. The summed E-state index contributed by atoms with van der Waals surface area (Å²) in [5.41, 5.74) is 4.94. The zero-order valence-electron chi connectivity index (χ0n) is 18.3. The van der Waals surface area contributed by atoms with E-state index in [4.69, 9.17) is 10.2 Å². The molecule has 0 atom stereocenters. The fraction of sp³-hybridized carbons (Fsp3) is 0.435. The van der Waals surface area contributed by atoms with Crippen LogP contribution in [0.3, 0.4) is 0 Å². The number of hydrogen-bond acceptors (Lipinski definition) is 3. The molecular weight excluding hydrogens is 364 g/mol. The van der Waals surface area contributed by atoms with Crippen LogP contribution in [-0.4, -0.2) is 30.4 Å². The molecule has 0 aliphatic heterocycles. The lowest BCUT2D eigenvalue weighted by Gasteiger charge is -2.23. The van der Waals surface area contributed by atoms with Crippen LogP contribution in [0.4, 0.5) is 0 Å². The third-order valence-electron chi connectivity index (χ3n) is 4.93. The van der Waals surface area contributed by atoms with Crippen LogP contribution in [0.2, 0.25) is 0 Å². The highest BCUT2D eigenvalue weighted by Crippen LogP contribution is 2.33. The summed E-state index contributed by atoms with van der Waals surface area (Å²) in [5, 5.41) is 14.1. The van der Waals surface area contributed by atoms with Crippen LogP contribution < -0.4 is 0 Å². The van der Waals surface area contributed by atoms with Crippen LogP contribution in [0, 0.1) is 0 Å². The summed E-state index contributed by atoms with van der Waals surface area (Å²) in [6, 6.07) is 9.82. The highest BCUT2D eigenvalue weighted by atomic mass is 16.4. The van der Waals surface area contributed by atoms with E-state index in [1.807, 2.05) is 6.07 Å². The van der Waals surface area contributed by atoms with Crippen LogP contribution in [0.1, 0.15) is 76.5 Å². The van der Waals surface area contributed by atoms with Gasteiger partial charge in [0.1, 0.15) is 5.69 Å². The Morgan fingerprint density at radius 1 is 1.00 bits per heavy atom. The highest BCUT2D eigenvalue weighted by molar-refractivity contribution is 5.87. The van der Waals surface area contributed by atoms with Crippen LogP contribution >= 0.6 is 0 Å². The van der Waals surface area contributed by atoms with E-state index in [-0.39, 0.29) is 17.1 Å². The number of carboxylic acids is 1. The smallest absolute Gasteiger partial charge is 0.337 e. The standard InChI is InChI=1S/C23H30N4O2/c1-14(2)21-12-18(25-27(21)23(5,6)7)20-11-10-19(26(20)15(3)4)17-9-8-16(13-24-17)22(28)29/h8-15H,1-7H3,(H,28,29). The van der Waals surface area contributed by atoms with Crippen molar-refractivity contribution in [2.24, 2.45) is 0 Å². The van der Waals surface area contributed by atoms with Gasteiger partial charge in [-0.15, -0.1) is 0 Å². The van der Waals surface area contributed by atoms with Crippen molar-refractivity contribution in [3.63, 3.8) is 0 Å². The molecule has 3 aromatic heterocycles. The number of carboxylic acid groups (broad SMARTS) is 1. The maximum absolute atomic E-state index is 11.1. The topological polar surface area (TPSA) is 72.9 Å². The van der Waals surface area contributed by atoms with E-state index in [1.54, 1.807) is 12.1 Å². The number of rotatable bonds is 5. The van der Waals surface area contributed by atoms with Gasteiger partial charge in [0, 0.05) is 17.9 Å². The molecule has 3 aromatic rings. The van der Waals surface area contributed by atoms with Crippen LogP contribution in [-0.2, 0) is 5.54 Å². The average molecular weight is 395 g/mol. The predicted molar refractivity (Wildman–Crippen MR) is 115 cm³/mol. The highest BCUT2D eigenvalue weighted by Gasteiger charge is 2.24. The molecule has 0 aliphatic carbocycles. The van der Waals surface area contributed by atoms with Gasteiger partial charge in [0.15, 0.2) is 0 Å². The quantitative estimate of drug-likeness (QED) is 0.614. The second kappa shape index (κ2) is 7.50. The van der Waals surface area contributed by atoms with Gasteiger partial charge in [0.2, 0.25) is 0 Å². The Balaban J connectivity index is 2.14. The molecular formula is C23H30N4O2. The zero-order valence-corrected chi connectivity index (χ0v) is 18.3. The molecule has 1 N–H and O–H groups in total. The number of aromatic carboxylic acids is 1. The van der Waals surface area contributed by atoms with E-state index < -0.39 is 5.97 Å². The lowest BCUT2D eigenvalue weighted by Crippen LogP contribution is -2.25. The zero-order chi connectivity index (χ0) is 21.5. The molecule has 0 aromatic carbocycles. The fourth-order valence-electron chi connectivity index (χ4n) is 3.56. The molecule has 0 amide bonds. The summed E-state index contributed by atoms with van der Waals surface area (Å²) < 4.78 is 4.33. The number of carbonyl (C=O) groups is 1. The van der Waals surface area contributed by atoms with Gasteiger partial charge in [-0.05, 0) is 70.9 Å². The molecule has 0 fully saturated rings. The second-order valence-corrected chi connectivity index (χ2v) is 9.00. The first-order valence-electron chi connectivity index (χ1n) is 10.0. The Morgan fingerprint density at radius 3 is 2.03 bits per heavy atom. The van der Waals surface area contributed by atoms with Gasteiger partial charge < -0.3 is 9.67 Å². The minimum absolute atomic E-state index is 0.107. The SMILES string of the molecule is CC(C)c1cc(-c2ccc(-c3ccc(C(=O)O)cn3)n2C(C)C)nn1C(C)(C)C. The summed E-state index contributed by atoms with van der Waals surface area (Å²) in [6.45, 7) is 15.1. The largest absolute Gasteiger partial charge is 0.478 e. The number of hydrogen-bond donors (Lipinski definition) is 1. The van der Waals surface area contributed by atoms with Crippen molar-refractivity contribution < 1.29 is 9.90 Å². The second-order valence-electron chi connectivity index (χ2n) is 9.00. The van der Waals surface area contributed by atoms with Crippen molar-refractivity contribution in [3.8, 4) is 22.8 Å². The first-order valence-corrected chi connectivity index (χ1v) is 10.0. The Hall–Kier alpha value is -2.89. The summed E-state index contributed by atoms with van der Waals surface area (Å²) in [4.78, 5) is 15.5. The van der Waals surface area contributed by atoms with Gasteiger partial charge >= 0.3 is 5.97 Å². The molecule has 0 saturated heterocycles. The molecule has 6 heteroatoms. The summed E-state index contributed by atoms with van der Waals surface area (Å²) in [6.07, 6.45) is 1.40. The molecule has 0 radical (unpaired) electrons. The van der Waals surface area contributed by atoms with E-state index >= 15 is 0 Å². The molecule has 3 rings (SSSR count). The van der Waals surface area contributed by atoms with E-state index in [0.717, 1.165) is 22.8 Å². The fourth-order valence-corrected chi connectivity index (χ4v) is 3.56. The summed E-state index contributed by atoms with van der Waals surface area (Å²) in [5.74, 6) is -0.611. The third-order valence-corrected chi connectivity index (χ3v) is 4.93. The Labute approximate surface area is 172 Å². The van der Waals surface area contributed by atoms with Crippen molar-refractivity contribution in [3.05, 3.63) is 47.8 Å². The molecule has 29 heavy (non-hydrogen) atoms. The lowest BCUT2D eigenvalue weighted by atomic mass is 10.1. The molecule has 6 nitrogen and oxygen atoms in total. The lowest BCUT2D eigenvalue weighted by molar-refractivity contribution is 0.0696. The monoisotopic (exact) mass is 394 g/mol. The first-order chi connectivity index (χ1) is 13.5. The van der Waals surface area contributed by atoms with E-state index in [9.17, 15) is 4.79 Å². The third kappa shape index (κ3) is 3.97. The van der Waals surface area contributed by atoms with Crippen molar-refractivity contribution in [2.75, 3.05) is 0 Å². The summed E-state index contributed by atoms with van der Waals surface area (Å²) in [7, 11) is 0. The normalized spacial score (nSPS) is 12.2. The van der Waals surface area contributed by atoms with Crippen molar-refractivity contribution in [2.45, 2.75) is 66.0 Å². The molecule has 0 unspecified atom stereocenters. The Kier molecular flexibility index (Phi) is 5.39. The predicted octanol–water partition coefficient (Wildman–Crippen LogP) is 5.57. The molecule has 0 aliphatic rings. The van der Waals surface area contributed by atoms with E-state index in [2.05, 4.69) is 74.8 Å². The molecule has 0 saturated carbocycles. The Morgan fingerprint density at radius 2 is 1.62 bits per heavy atom. The van der Waals surface area contributed by atoms with Gasteiger partial charge in [-0.25, -0.2) is 4.79 Å². The van der Waals surface area contributed by atoms with Gasteiger partial charge in [-0.3, -0.25) is 9.67 Å². The number of aromatic nitrogens is 4. The van der Waals surface area contributed by atoms with E-state index in [1.165, 1.54) is 11.9 Å². The molecule has 3 heterocycles. The van der Waals surface area contributed by atoms with Gasteiger partial charge in [0.05, 0.1) is 28.2 Å². The number of pyridine rings is 1. The summed E-state index contributed by atoms with van der Waals surface area (Å²) >= 11 is 0. The van der Waals surface area contributed by atoms with Gasteiger partial charge in [-0.2, -0.15) is 5.10 Å². The molecule has 154 valence electrons. The van der Waals surface area contributed by atoms with Gasteiger partial charge in [0.25, 0.3) is 0 Å². The minimum Gasteiger partial charge on any atom is -0.478 e. The van der Waals surface area contributed by atoms with Crippen LogP contribution in [0.5, 0.6) is 0 Å². The molecule has 0 spiro atoms. The van der Waals surface area contributed by atoms with Crippen LogP contribution in [0.25, 0.3) is 22.8 Å². The van der Waals surface area contributed by atoms with E-state index in [0.29, 0.717) is 5.92 Å². The first kappa shape index (κ1) is 20.8. The van der Waals surface area contributed by atoms with Gasteiger partial charge in [-0.1, -0.05) is 13.8 Å². The maximum Gasteiger partial charge on any atom is 0.337 e. The van der Waals surface area contributed by atoms with Crippen molar-refractivity contribution >= 4 is 5.97 Å². The van der Waals surface area contributed by atoms with Crippen molar-refractivity contribution in [1.29, 1.82) is 0 Å².